The Morgan fingerprint density at radius 2 is 1.73 bits per heavy atom. The summed E-state index contributed by atoms with van der Waals surface area (Å²) in [7, 11) is 1.56. The molecule has 0 radical (unpaired) electrons. The number of esters is 1. The van der Waals surface area contributed by atoms with Crippen LogP contribution >= 0.6 is 11.6 Å². The number of rotatable bonds is 10. The maximum Gasteiger partial charge on any atom is 0.338 e. The van der Waals surface area contributed by atoms with E-state index in [0.717, 1.165) is 18.4 Å². The van der Waals surface area contributed by atoms with E-state index in [4.69, 9.17) is 25.8 Å². The third-order valence-corrected chi connectivity index (χ3v) is 5.08. The van der Waals surface area contributed by atoms with Gasteiger partial charge in [-0.1, -0.05) is 31.0 Å². The predicted molar refractivity (Wildman–Crippen MR) is 128 cm³/mol. The monoisotopic (exact) mass is 467 g/mol. The lowest BCUT2D eigenvalue weighted by atomic mass is 10.1. The molecule has 0 aliphatic rings. The number of anilines is 1. The summed E-state index contributed by atoms with van der Waals surface area (Å²) in [4.78, 5) is 24.8. The molecule has 0 aliphatic heterocycles. The van der Waals surface area contributed by atoms with Crippen LogP contribution in [-0.2, 0) is 11.3 Å². The van der Waals surface area contributed by atoms with E-state index >= 15 is 0 Å². The highest BCUT2D eigenvalue weighted by Crippen LogP contribution is 2.24. The number of carbonyl (C=O) groups is 2. The van der Waals surface area contributed by atoms with Crippen molar-refractivity contribution in [3.8, 4) is 11.5 Å². The smallest absolute Gasteiger partial charge is 0.338 e. The summed E-state index contributed by atoms with van der Waals surface area (Å²) in [5, 5.41) is 3.41. The molecule has 0 atom stereocenters. The number of hydrogen-bond acceptors (Lipinski definition) is 5. The van der Waals surface area contributed by atoms with E-state index in [9.17, 15) is 9.59 Å². The van der Waals surface area contributed by atoms with Crippen molar-refractivity contribution in [1.29, 1.82) is 0 Å². The van der Waals surface area contributed by atoms with Gasteiger partial charge in [-0.15, -0.1) is 0 Å². The van der Waals surface area contributed by atoms with Gasteiger partial charge in [-0.05, 0) is 67.1 Å². The predicted octanol–water partition coefficient (Wildman–Crippen LogP) is 6.14. The highest BCUT2D eigenvalue weighted by molar-refractivity contribution is 6.30. The number of amides is 1. The minimum Gasteiger partial charge on any atom is -0.496 e. The minimum atomic E-state index is -0.374. The lowest BCUT2D eigenvalue weighted by Gasteiger charge is -2.13. The lowest BCUT2D eigenvalue weighted by molar-refractivity contribution is 0.0499. The van der Waals surface area contributed by atoms with Crippen LogP contribution in [0.3, 0.4) is 0 Å². The molecule has 0 fully saturated rings. The Morgan fingerprint density at radius 1 is 0.970 bits per heavy atom. The molecule has 3 aromatic carbocycles. The van der Waals surface area contributed by atoms with E-state index in [0.29, 0.717) is 39.9 Å². The van der Waals surface area contributed by atoms with Crippen LogP contribution in [0.25, 0.3) is 0 Å². The molecule has 1 N–H and O–H groups in total. The van der Waals surface area contributed by atoms with Gasteiger partial charge in [0.1, 0.15) is 18.1 Å². The summed E-state index contributed by atoms with van der Waals surface area (Å²) in [5.41, 5.74) is 2.17. The first kappa shape index (κ1) is 24.1. The molecule has 0 saturated carbocycles. The Labute approximate surface area is 198 Å². The van der Waals surface area contributed by atoms with Gasteiger partial charge >= 0.3 is 5.97 Å². The Balaban J connectivity index is 1.65. The molecule has 1 amide bonds. The fourth-order valence-electron chi connectivity index (χ4n) is 3.04. The third kappa shape index (κ3) is 6.99. The number of halogens is 1. The number of hydrogen-bond donors (Lipinski definition) is 1. The van der Waals surface area contributed by atoms with E-state index in [1.165, 1.54) is 0 Å². The van der Waals surface area contributed by atoms with Crippen LogP contribution in [0, 0.1) is 0 Å². The number of unbranched alkanes of at least 4 members (excludes halogenated alkanes) is 1. The zero-order valence-corrected chi connectivity index (χ0v) is 19.4. The molecule has 0 aromatic heterocycles. The van der Waals surface area contributed by atoms with Crippen molar-refractivity contribution in [2.75, 3.05) is 19.0 Å². The van der Waals surface area contributed by atoms with Crippen molar-refractivity contribution in [2.45, 2.75) is 26.4 Å². The minimum absolute atomic E-state index is 0.208. The normalized spacial score (nSPS) is 10.4. The Hall–Kier alpha value is -3.51. The highest BCUT2D eigenvalue weighted by atomic mass is 35.5. The van der Waals surface area contributed by atoms with Gasteiger partial charge in [-0.25, -0.2) is 4.79 Å². The van der Waals surface area contributed by atoms with Crippen LogP contribution in [0.1, 0.15) is 46.0 Å². The van der Waals surface area contributed by atoms with Crippen LogP contribution in [-0.4, -0.2) is 25.6 Å². The first-order chi connectivity index (χ1) is 16.0. The largest absolute Gasteiger partial charge is 0.496 e. The molecule has 0 heterocycles. The second kappa shape index (κ2) is 11.9. The van der Waals surface area contributed by atoms with Crippen molar-refractivity contribution < 1.29 is 23.8 Å². The average molecular weight is 468 g/mol. The van der Waals surface area contributed by atoms with Gasteiger partial charge in [0.15, 0.2) is 0 Å². The molecule has 0 unspecified atom stereocenters. The number of methoxy groups -OCH3 is 1. The summed E-state index contributed by atoms with van der Waals surface area (Å²) in [6, 6.07) is 18.8. The summed E-state index contributed by atoms with van der Waals surface area (Å²) in [5.74, 6) is 0.563. The summed E-state index contributed by atoms with van der Waals surface area (Å²) in [6.45, 7) is 2.64. The summed E-state index contributed by atoms with van der Waals surface area (Å²) < 4.78 is 16.4. The standard InChI is InChI=1S/C26H26ClNO5/c1-3-4-14-32-26(30)18-8-11-22(12-9-18)28-25(29)19-10-13-24(31-2)20(15-19)17-33-23-7-5-6-21(27)16-23/h5-13,15-16H,3-4,14,17H2,1-2H3,(H,28,29). The van der Waals surface area contributed by atoms with Crippen molar-refractivity contribution >= 4 is 29.2 Å². The van der Waals surface area contributed by atoms with Crippen LogP contribution < -0.4 is 14.8 Å². The average Bonchev–Trinajstić information content (AvgIpc) is 2.83. The summed E-state index contributed by atoms with van der Waals surface area (Å²) >= 11 is 6.00. The molecule has 172 valence electrons. The van der Waals surface area contributed by atoms with Crippen LogP contribution in [0.5, 0.6) is 11.5 Å². The number of ether oxygens (including phenoxy) is 3. The topological polar surface area (TPSA) is 73.9 Å². The second-order valence-electron chi connectivity index (χ2n) is 7.29. The fraction of sp³-hybridized carbons (Fsp3) is 0.231. The zero-order valence-electron chi connectivity index (χ0n) is 18.6. The molecule has 7 heteroatoms. The van der Waals surface area contributed by atoms with E-state index in [2.05, 4.69) is 5.32 Å². The molecular weight excluding hydrogens is 442 g/mol. The number of benzene rings is 3. The van der Waals surface area contributed by atoms with Crippen molar-refractivity contribution in [1.82, 2.24) is 0 Å². The molecular formula is C26H26ClNO5. The fourth-order valence-corrected chi connectivity index (χ4v) is 3.22. The van der Waals surface area contributed by atoms with Crippen LogP contribution in [0.4, 0.5) is 5.69 Å². The van der Waals surface area contributed by atoms with Gasteiger partial charge in [0, 0.05) is 21.8 Å². The maximum absolute atomic E-state index is 12.8. The molecule has 3 rings (SSSR count). The van der Waals surface area contributed by atoms with E-state index in [1.807, 2.05) is 6.92 Å². The highest BCUT2D eigenvalue weighted by Gasteiger charge is 2.13. The van der Waals surface area contributed by atoms with Crippen LogP contribution in [0.15, 0.2) is 66.7 Å². The van der Waals surface area contributed by atoms with E-state index < -0.39 is 0 Å². The van der Waals surface area contributed by atoms with E-state index in [-0.39, 0.29) is 18.5 Å². The first-order valence-corrected chi connectivity index (χ1v) is 11.0. The van der Waals surface area contributed by atoms with Gasteiger partial charge in [-0.3, -0.25) is 4.79 Å². The Bertz CT molecular complexity index is 1100. The van der Waals surface area contributed by atoms with Crippen molar-refractivity contribution in [3.63, 3.8) is 0 Å². The summed E-state index contributed by atoms with van der Waals surface area (Å²) in [6.07, 6.45) is 1.78. The number of carbonyl (C=O) groups excluding carboxylic acids is 2. The molecule has 3 aromatic rings. The molecule has 0 bridgehead atoms. The maximum atomic E-state index is 12.8. The second-order valence-corrected chi connectivity index (χ2v) is 7.73. The number of nitrogens with one attached hydrogen (secondary N) is 1. The zero-order chi connectivity index (χ0) is 23.6. The molecule has 0 aliphatic carbocycles. The molecule has 0 saturated heterocycles. The molecule has 0 spiro atoms. The Kier molecular flexibility index (Phi) is 8.72. The third-order valence-electron chi connectivity index (χ3n) is 4.84. The van der Waals surface area contributed by atoms with Gasteiger partial charge in [0.05, 0.1) is 19.3 Å². The molecule has 33 heavy (non-hydrogen) atoms. The lowest BCUT2D eigenvalue weighted by Crippen LogP contribution is -2.13. The molecule has 6 nitrogen and oxygen atoms in total. The SMILES string of the molecule is CCCCOC(=O)c1ccc(NC(=O)c2ccc(OC)c(COc3cccc(Cl)c3)c2)cc1. The van der Waals surface area contributed by atoms with Crippen molar-refractivity contribution in [2.24, 2.45) is 0 Å². The van der Waals surface area contributed by atoms with Gasteiger partial charge in [0.2, 0.25) is 0 Å². The van der Waals surface area contributed by atoms with Gasteiger partial charge in [-0.2, -0.15) is 0 Å². The van der Waals surface area contributed by atoms with Crippen molar-refractivity contribution in [3.05, 3.63) is 88.4 Å². The van der Waals surface area contributed by atoms with Gasteiger partial charge < -0.3 is 19.5 Å². The quantitative estimate of drug-likeness (QED) is 0.286. The Morgan fingerprint density at radius 3 is 2.42 bits per heavy atom. The first-order valence-electron chi connectivity index (χ1n) is 10.6. The van der Waals surface area contributed by atoms with E-state index in [1.54, 1.807) is 73.8 Å². The van der Waals surface area contributed by atoms with Crippen LogP contribution in [0.2, 0.25) is 5.02 Å². The van der Waals surface area contributed by atoms with Gasteiger partial charge in [0.25, 0.3) is 5.91 Å².